The molecule has 7 heteroatoms. The van der Waals surface area contributed by atoms with Crippen molar-refractivity contribution >= 4 is 27.5 Å². The molecule has 0 spiro atoms. The lowest BCUT2D eigenvalue weighted by molar-refractivity contribution is -0.137. The number of ether oxygens (including phenoxy) is 1. The normalized spacial score (nSPS) is 12.6. The van der Waals surface area contributed by atoms with Gasteiger partial charge in [-0.1, -0.05) is 15.9 Å². The number of anilines is 1. The molecule has 0 radical (unpaired) electrons. The molecule has 1 N–H and O–H groups in total. The largest absolute Gasteiger partial charge is 0.481 e. The lowest BCUT2D eigenvalue weighted by atomic mass is 10.2. The molecule has 0 unspecified atom stereocenters. The van der Waals surface area contributed by atoms with E-state index in [2.05, 4.69) is 21.2 Å². The second-order valence-electron chi connectivity index (χ2n) is 4.78. The summed E-state index contributed by atoms with van der Waals surface area (Å²) in [5.74, 6) is 0.0657. The third-order valence-electron chi connectivity index (χ3n) is 2.98. The maximum Gasteiger partial charge on any atom is 0.416 e. The Hall–Kier alpha value is -2.02. The summed E-state index contributed by atoms with van der Waals surface area (Å²) in [6.07, 6.45) is -5.20. The molecule has 2 aromatic rings. The Balaban J connectivity index is 1.96. The molecule has 0 saturated heterocycles. The second kappa shape index (κ2) is 7.04. The van der Waals surface area contributed by atoms with Crippen LogP contribution < -0.4 is 10.1 Å². The minimum absolute atomic E-state index is 0.272. The van der Waals surface area contributed by atoms with Crippen LogP contribution >= 0.6 is 15.9 Å². The van der Waals surface area contributed by atoms with Crippen molar-refractivity contribution in [1.29, 1.82) is 0 Å². The zero-order chi connectivity index (χ0) is 17.0. The number of halogens is 4. The van der Waals surface area contributed by atoms with Gasteiger partial charge in [0.2, 0.25) is 0 Å². The first kappa shape index (κ1) is 17.3. The Morgan fingerprint density at radius 3 is 2.17 bits per heavy atom. The van der Waals surface area contributed by atoms with E-state index >= 15 is 0 Å². The fourth-order valence-electron chi connectivity index (χ4n) is 1.76. The summed E-state index contributed by atoms with van der Waals surface area (Å²) in [7, 11) is 0. The van der Waals surface area contributed by atoms with E-state index in [1.165, 1.54) is 12.1 Å². The minimum atomic E-state index is -4.40. The Bertz CT molecular complexity index is 669. The van der Waals surface area contributed by atoms with Gasteiger partial charge in [-0.05, 0) is 55.5 Å². The SMILES string of the molecule is C[C@H](Oc1ccc(Br)cc1)C(=O)Nc1ccc(C(F)(F)F)cc1. The maximum atomic E-state index is 12.5. The van der Waals surface area contributed by atoms with E-state index in [4.69, 9.17) is 4.74 Å². The third kappa shape index (κ3) is 4.99. The summed E-state index contributed by atoms with van der Waals surface area (Å²) >= 11 is 3.29. The molecule has 23 heavy (non-hydrogen) atoms. The first-order chi connectivity index (χ1) is 10.8. The van der Waals surface area contributed by atoms with Crippen LogP contribution in [0, 0.1) is 0 Å². The average molecular weight is 388 g/mol. The lowest BCUT2D eigenvalue weighted by Gasteiger charge is -2.15. The molecule has 3 nitrogen and oxygen atoms in total. The van der Waals surface area contributed by atoms with Gasteiger partial charge in [-0.15, -0.1) is 0 Å². The predicted octanol–water partition coefficient (Wildman–Crippen LogP) is 4.87. The van der Waals surface area contributed by atoms with Gasteiger partial charge in [-0.3, -0.25) is 4.79 Å². The average Bonchev–Trinajstić information content (AvgIpc) is 2.49. The van der Waals surface area contributed by atoms with Crippen molar-refractivity contribution < 1.29 is 22.7 Å². The number of nitrogens with one attached hydrogen (secondary N) is 1. The number of hydrogen-bond donors (Lipinski definition) is 1. The fraction of sp³-hybridized carbons (Fsp3) is 0.188. The monoisotopic (exact) mass is 387 g/mol. The Morgan fingerprint density at radius 2 is 1.65 bits per heavy atom. The third-order valence-corrected chi connectivity index (χ3v) is 3.50. The summed E-state index contributed by atoms with van der Waals surface area (Å²) in [5, 5.41) is 2.51. The lowest BCUT2D eigenvalue weighted by Crippen LogP contribution is -2.30. The number of alkyl halides is 3. The van der Waals surface area contributed by atoms with Gasteiger partial charge in [-0.25, -0.2) is 0 Å². The first-order valence-electron chi connectivity index (χ1n) is 6.66. The minimum Gasteiger partial charge on any atom is -0.481 e. The number of carbonyl (C=O) groups excluding carboxylic acids is 1. The van der Waals surface area contributed by atoms with Gasteiger partial charge in [0.05, 0.1) is 5.56 Å². The van der Waals surface area contributed by atoms with Crippen LogP contribution in [0.2, 0.25) is 0 Å². The highest BCUT2D eigenvalue weighted by atomic mass is 79.9. The Kier molecular flexibility index (Phi) is 5.30. The van der Waals surface area contributed by atoms with Crippen LogP contribution in [-0.2, 0) is 11.0 Å². The highest BCUT2D eigenvalue weighted by Crippen LogP contribution is 2.29. The molecule has 1 amide bonds. The number of rotatable bonds is 4. The summed E-state index contributed by atoms with van der Waals surface area (Å²) in [6, 6.07) is 11.2. The fourth-order valence-corrected chi connectivity index (χ4v) is 2.02. The van der Waals surface area contributed by atoms with E-state index in [0.717, 1.165) is 16.6 Å². The molecule has 0 bridgehead atoms. The van der Waals surface area contributed by atoms with Crippen molar-refractivity contribution in [1.82, 2.24) is 0 Å². The molecule has 1 atom stereocenters. The number of amides is 1. The molecule has 0 aliphatic heterocycles. The van der Waals surface area contributed by atoms with Crippen molar-refractivity contribution in [3.8, 4) is 5.75 Å². The van der Waals surface area contributed by atoms with Crippen molar-refractivity contribution in [3.05, 3.63) is 58.6 Å². The van der Waals surface area contributed by atoms with E-state index in [0.29, 0.717) is 5.75 Å². The van der Waals surface area contributed by atoms with Crippen molar-refractivity contribution in [2.24, 2.45) is 0 Å². The summed E-state index contributed by atoms with van der Waals surface area (Å²) in [6.45, 7) is 1.56. The van der Waals surface area contributed by atoms with Crippen molar-refractivity contribution in [2.45, 2.75) is 19.2 Å². The van der Waals surface area contributed by atoms with Crippen LogP contribution in [0.4, 0.5) is 18.9 Å². The maximum absolute atomic E-state index is 12.5. The smallest absolute Gasteiger partial charge is 0.416 e. The zero-order valence-electron chi connectivity index (χ0n) is 12.0. The van der Waals surface area contributed by atoms with Gasteiger partial charge in [0.1, 0.15) is 5.75 Å². The van der Waals surface area contributed by atoms with E-state index in [9.17, 15) is 18.0 Å². The molecule has 2 rings (SSSR count). The van der Waals surface area contributed by atoms with Gasteiger partial charge >= 0.3 is 6.18 Å². The highest BCUT2D eigenvalue weighted by Gasteiger charge is 2.30. The molecule has 0 saturated carbocycles. The Labute approximate surface area is 139 Å². The molecule has 0 aliphatic rings. The van der Waals surface area contributed by atoms with Crippen LogP contribution in [0.5, 0.6) is 5.75 Å². The van der Waals surface area contributed by atoms with E-state index in [1.807, 2.05) is 0 Å². The van der Waals surface area contributed by atoms with Crippen LogP contribution in [0.3, 0.4) is 0 Å². The van der Waals surface area contributed by atoms with Gasteiger partial charge in [0.15, 0.2) is 6.10 Å². The topological polar surface area (TPSA) is 38.3 Å². The van der Waals surface area contributed by atoms with E-state index < -0.39 is 23.8 Å². The van der Waals surface area contributed by atoms with Crippen molar-refractivity contribution in [3.63, 3.8) is 0 Å². The van der Waals surface area contributed by atoms with Crippen LogP contribution in [0.1, 0.15) is 12.5 Å². The van der Waals surface area contributed by atoms with Gasteiger partial charge < -0.3 is 10.1 Å². The van der Waals surface area contributed by atoms with Gasteiger partial charge in [-0.2, -0.15) is 13.2 Å². The molecule has 0 aromatic heterocycles. The molecule has 0 fully saturated rings. The summed E-state index contributed by atoms with van der Waals surface area (Å²) < 4.78 is 43.8. The highest BCUT2D eigenvalue weighted by molar-refractivity contribution is 9.10. The second-order valence-corrected chi connectivity index (χ2v) is 5.69. The zero-order valence-corrected chi connectivity index (χ0v) is 13.6. The first-order valence-corrected chi connectivity index (χ1v) is 7.45. The van der Waals surface area contributed by atoms with Crippen molar-refractivity contribution in [2.75, 3.05) is 5.32 Å². The summed E-state index contributed by atoms with van der Waals surface area (Å²) in [5.41, 5.74) is -0.496. The molecule has 0 heterocycles. The van der Waals surface area contributed by atoms with Gasteiger partial charge in [0, 0.05) is 10.2 Å². The summed E-state index contributed by atoms with van der Waals surface area (Å²) in [4.78, 5) is 12.0. The van der Waals surface area contributed by atoms with Crippen LogP contribution in [-0.4, -0.2) is 12.0 Å². The quantitative estimate of drug-likeness (QED) is 0.812. The molecule has 0 aliphatic carbocycles. The molecule has 2 aromatic carbocycles. The van der Waals surface area contributed by atoms with E-state index in [1.54, 1.807) is 31.2 Å². The molecular weight excluding hydrogens is 375 g/mol. The molecular formula is C16H13BrF3NO2. The number of hydrogen-bond acceptors (Lipinski definition) is 2. The van der Waals surface area contributed by atoms with E-state index in [-0.39, 0.29) is 5.69 Å². The molecule has 122 valence electrons. The standard InChI is InChI=1S/C16H13BrF3NO2/c1-10(23-14-8-4-12(17)5-9-14)15(22)21-13-6-2-11(3-7-13)16(18,19)20/h2-10H,1H3,(H,21,22)/t10-/m0/s1. The Morgan fingerprint density at radius 1 is 1.09 bits per heavy atom. The van der Waals surface area contributed by atoms with Crippen LogP contribution in [0.25, 0.3) is 0 Å². The van der Waals surface area contributed by atoms with Crippen LogP contribution in [0.15, 0.2) is 53.0 Å². The van der Waals surface area contributed by atoms with Gasteiger partial charge in [0.25, 0.3) is 5.91 Å². The number of carbonyl (C=O) groups is 1. The predicted molar refractivity (Wildman–Crippen MR) is 84.3 cm³/mol. The number of benzene rings is 2.